The number of allylic oxidation sites excluding steroid dienone is 3. The maximum absolute atomic E-state index is 4.49. The Bertz CT molecular complexity index is 284. The monoisotopic (exact) mass is 195 g/mol. The van der Waals surface area contributed by atoms with Crippen LogP contribution in [-0.4, -0.2) is 11.6 Å². The van der Waals surface area contributed by atoms with Crippen molar-refractivity contribution in [3.63, 3.8) is 0 Å². The molecule has 0 atom stereocenters. The van der Waals surface area contributed by atoms with Gasteiger partial charge in [-0.1, -0.05) is 24.3 Å². The Morgan fingerprint density at radius 1 is 1.46 bits per heavy atom. The normalized spacial score (nSPS) is 23.7. The Hall–Kier alpha value is -0.500. The van der Waals surface area contributed by atoms with E-state index in [2.05, 4.69) is 38.8 Å². The summed E-state index contributed by atoms with van der Waals surface area (Å²) in [6, 6.07) is 0. The standard InChI is InChI=1S/C11H17NS/c1-5-8(3)10-7-9(4)13-11(10)12-6-2/h7H,5-6H2,1-4H3/b10-8+,12-11?. The second kappa shape index (κ2) is 4.66. The van der Waals surface area contributed by atoms with Crippen LogP contribution in [0.5, 0.6) is 0 Å². The summed E-state index contributed by atoms with van der Waals surface area (Å²) < 4.78 is 0. The molecule has 1 rings (SSSR count). The molecule has 0 saturated carbocycles. The van der Waals surface area contributed by atoms with Crippen LogP contribution in [0.25, 0.3) is 0 Å². The molecule has 0 saturated heterocycles. The summed E-state index contributed by atoms with van der Waals surface area (Å²) in [5.74, 6) is 0. The van der Waals surface area contributed by atoms with Gasteiger partial charge in [0, 0.05) is 12.1 Å². The molecular weight excluding hydrogens is 178 g/mol. The van der Waals surface area contributed by atoms with E-state index in [1.54, 1.807) is 11.8 Å². The number of thioether (sulfide) groups is 1. The highest BCUT2D eigenvalue weighted by Crippen LogP contribution is 2.33. The summed E-state index contributed by atoms with van der Waals surface area (Å²) in [5.41, 5.74) is 2.79. The zero-order valence-corrected chi connectivity index (χ0v) is 9.66. The Balaban J connectivity index is 3.00. The van der Waals surface area contributed by atoms with Gasteiger partial charge in [-0.15, -0.1) is 0 Å². The third kappa shape index (κ3) is 2.47. The summed E-state index contributed by atoms with van der Waals surface area (Å²) in [6.45, 7) is 9.49. The molecule has 0 amide bonds. The van der Waals surface area contributed by atoms with Gasteiger partial charge in [0.2, 0.25) is 0 Å². The van der Waals surface area contributed by atoms with Crippen LogP contribution < -0.4 is 0 Å². The average Bonchev–Trinajstić information content (AvgIpc) is 2.46. The quantitative estimate of drug-likeness (QED) is 0.653. The molecule has 1 aliphatic rings. The average molecular weight is 195 g/mol. The largest absolute Gasteiger partial charge is 0.278 e. The highest BCUT2D eigenvalue weighted by Gasteiger charge is 2.15. The molecule has 0 aromatic carbocycles. The molecule has 13 heavy (non-hydrogen) atoms. The first-order valence-corrected chi connectivity index (χ1v) is 5.61. The van der Waals surface area contributed by atoms with Gasteiger partial charge in [-0.25, -0.2) is 0 Å². The van der Waals surface area contributed by atoms with Crippen LogP contribution in [-0.2, 0) is 0 Å². The molecule has 1 heterocycles. The molecule has 0 radical (unpaired) electrons. The smallest absolute Gasteiger partial charge is 0.102 e. The Labute approximate surface area is 85.0 Å². The lowest BCUT2D eigenvalue weighted by molar-refractivity contribution is 1.08. The SMILES string of the molecule is CCN=C1SC(C)=C/C1=C(/C)CC. The highest BCUT2D eigenvalue weighted by atomic mass is 32.2. The molecule has 0 unspecified atom stereocenters. The van der Waals surface area contributed by atoms with E-state index in [0.29, 0.717) is 0 Å². The summed E-state index contributed by atoms with van der Waals surface area (Å²) in [6.07, 6.45) is 3.36. The van der Waals surface area contributed by atoms with E-state index in [0.717, 1.165) is 13.0 Å². The first-order chi connectivity index (χ1) is 6.19. The van der Waals surface area contributed by atoms with E-state index < -0.39 is 0 Å². The predicted molar refractivity (Wildman–Crippen MR) is 62.3 cm³/mol. The molecule has 72 valence electrons. The van der Waals surface area contributed by atoms with Gasteiger partial charge < -0.3 is 0 Å². The van der Waals surface area contributed by atoms with Crippen molar-refractivity contribution in [2.24, 2.45) is 4.99 Å². The van der Waals surface area contributed by atoms with Crippen molar-refractivity contribution in [2.75, 3.05) is 6.54 Å². The first-order valence-electron chi connectivity index (χ1n) is 4.79. The van der Waals surface area contributed by atoms with E-state index >= 15 is 0 Å². The molecule has 0 aromatic rings. The minimum atomic E-state index is 0.879. The van der Waals surface area contributed by atoms with E-state index in [1.165, 1.54) is 21.1 Å². The highest BCUT2D eigenvalue weighted by molar-refractivity contribution is 8.18. The Morgan fingerprint density at radius 2 is 2.15 bits per heavy atom. The topological polar surface area (TPSA) is 12.4 Å². The third-order valence-electron chi connectivity index (χ3n) is 2.13. The number of rotatable bonds is 2. The van der Waals surface area contributed by atoms with E-state index in [-0.39, 0.29) is 0 Å². The molecule has 0 bridgehead atoms. The van der Waals surface area contributed by atoms with Gasteiger partial charge >= 0.3 is 0 Å². The lowest BCUT2D eigenvalue weighted by Crippen LogP contribution is -1.94. The van der Waals surface area contributed by atoms with E-state index in [1.807, 2.05) is 0 Å². The van der Waals surface area contributed by atoms with Crippen LogP contribution in [0.15, 0.2) is 27.1 Å². The second-order valence-corrected chi connectivity index (χ2v) is 4.42. The van der Waals surface area contributed by atoms with Gasteiger partial charge in [-0.05, 0) is 38.2 Å². The van der Waals surface area contributed by atoms with Crippen molar-refractivity contribution < 1.29 is 0 Å². The molecule has 1 aliphatic heterocycles. The van der Waals surface area contributed by atoms with Crippen LogP contribution >= 0.6 is 11.8 Å². The van der Waals surface area contributed by atoms with Crippen LogP contribution in [0.1, 0.15) is 34.1 Å². The van der Waals surface area contributed by atoms with Crippen molar-refractivity contribution >= 4 is 16.8 Å². The third-order valence-corrected chi connectivity index (χ3v) is 3.11. The van der Waals surface area contributed by atoms with E-state index in [4.69, 9.17) is 0 Å². The van der Waals surface area contributed by atoms with Crippen molar-refractivity contribution in [1.29, 1.82) is 0 Å². The van der Waals surface area contributed by atoms with Gasteiger partial charge in [-0.2, -0.15) is 0 Å². The minimum Gasteiger partial charge on any atom is -0.278 e. The van der Waals surface area contributed by atoms with Gasteiger partial charge in [-0.3, -0.25) is 4.99 Å². The minimum absolute atomic E-state index is 0.879. The molecule has 0 aliphatic carbocycles. The van der Waals surface area contributed by atoms with Gasteiger partial charge in [0.1, 0.15) is 5.04 Å². The van der Waals surface area contributed by atoms with Gasteiger partial charge in [0.25, 0.3) is 0 Å². The second-order valence-electron chi connectivity index (χ2n) is 3.18. The molecule has 0 fully saturated rings. The summed E-state index contributed by atoms with van der Waals surface area (Å²) in [4.78, 5) is 5.85. The lowest BCUT2D eigenvalue weighted by Gasteiger charge is -2.02. The fourth-order valence-corrected chi connectivity index (χ4v) is 2.28. The maximum atomic E-state index is 4.49. The Morgan fingerprint density at radius 3 is 2.69 bits per heavy atom. The summed E-state index contributed by atoms with van der Waals surface area (Å²) in [5, 5.41) is 1.21. The summed E-state index contributed by atoms with van der Waals surface area (Å²) >= 11 is 1.80. The number of hydrogen-bond acceptors (Lipinski definition) is 2. The first kappa shape index (κ1) is 10.6. The zero-order chi connectivity index (χ0) is 9.84. The lowest BCUT2D eigenvalue weighted by atomic mass is 10.1. The summed E-state index contributed by atoms with van der Waals surface area (Å²) in [7, 11) is 0. The van der Waals surface area contributed by atoms with E-state index in [9.17, 15) is 0 Å². The predicted octanol–water partition coefficient (Wildman–Crippen LogP) is 3.78. The van der Waals surface area contributed by atoms with Crippen molar-refractivity contribution in [3.8, 4) is 0 Å². The van der Waals surface area contributed by atoms with Crippen LogP contribution in [0.2, 0.25) is 0 Å². The molecule has 2 heteroatoms. The van der Waals surface area contributed by atoms with Crippen LogP contribution in [0.3, 0.4) is 0 Å². The fourth-order valence-electron chi connectivity index (χ4n) is 1.26. The van der Waals surface area contributed by atoms with Gasteiger partial charge in [0.15, 0.2) is 0 Å². The van der Waals surface area contributed by atoms with Crippen molar-refractivity contribution in [1.82, 2.24) is 0 Å². The molecule has 0 N–H and O–H groups in total. The Kier molecular flexibility index (Phi) is 3.79. The van der Waals surface area contributed by atoms with Crippen molar-refractivity contribution in [3.05, 3.63) is 22.1 Å². The molecule has 0 aromatic heterocycles. The maximum Gasteiger partial charge on any atom is 0.102 e. The number of aliphatic imine (C=N–C) groups is 1. The molecule has 1 nitrogen and oxygen atoms in total. The fraction of sp³-hybridized carbons (Fsp3) is 0.545. The number of nitrogens with zero attached hydrogens (tertiary/aromatic N) is 1. The zero-order valence-electron chi connectivity index (χ0n) is 8.85. The van der Waals surface area contributed by atoms with Crippen LogP contribution in [0.4, 0.5) is 0 Å². The van der Waals surface area contributed by atoms with Crippen molar-refractivity contribution in [2.45, 2.75) is 34.1 Å². The van der Waals surface area contributed by atoms with Crippen LogP contribution in [0, 0.1) is 0 Å². The van der Waals surface area contributed by atoms with Gasteiger partial charge in [0.05, 0.1) is 0 Å². The molecule has 0 spiro atoms. The number of hydrogen-bond donors (Lipinski definition) is 0. The molecular formula is C11H17NS.